The molecule has 4 rings (SSSR count). The van der Waals surface area contributed by atoms with Crippen molar-refractivity contribution in [1.82, 2.24) is 30.2 Å². The van der Waals surface area contributed by atoms with Crippen LogP contribution in [0.5, 0.6) is 0 Å². The maximum atomic E-state index is 13.1. The third kappa shape index (κ3) is 3.27. The Bertz CT molecular complexity index is 1100. The van der Waals surface area contributed by atoms with Gasteiger partial charge >= 0.3 is 0 Å². The van der Waals surface area contributed by atoms with E-state index in [-0.39, 0.29) is 12.5 Å². The fourth-order valence-corrected chi connectivity index (χ4v) is 2.60. The number of fused-ring (bicyclic) bond motifs is 1. The van der Waals surface area contributed by atoms with Crippen molar-refractivity contribution in [2.75, 3.05) is 5.32 Å². The minimum atomic E-state index is -0.423. The molecule has 0 aliphatic carbocycles. The third-order valence-corrected chi connectivity index (χ3v) is 3.70. The highest BCUT2D eigenvalue weighted by Crippen LogP contribution is 2.19. The molecule has 2 aromatic carbocycles. The summed E-state index contributed by atoms with van der Waals surface area (Å²) in [4.78, 5) is 20.7. The molecular weight excluding hydrogens is 337 g/mol. The van der Waals surface area contributed by atoms with Gasteiger partial charge in [-0.25, -0.2) is 9.37 Å². The van der Waals surface area contributed by atoms with Crippen molar-refractivity contribution in [3.05, 3.63) is 54.1 Å². The van der Waals surface area contributed by atoms with Crippen LogP contribution in [0.2, 0.25) is 0 Å². The Labute approximate surface area is 147 Å². The smallest absolute Gasteiger partial charge is 0.248 e. The van der Waals surface area contributed by atoms with Crippen LogP contribution in [0.3, 0.4) is 0 Å². The van der Waals surface area contributed by atoms with Gasteiger partial charge in [-0.05, 0) is 48.5 Å². The van der Waals surface area contributed by atoms with E-state index in [4.69, 9.17) is 0 Å². The van der Waals surface area contributed by atoms with Crippen molar-refractivity contribution in [2.24, 2.45) is 0 Å². The van der Waals surface area contributed by atoms with Gasteiger partial charge in [0.2, 0.25) is 11.7 Å². The van der Waals surface area contributed by atoms with Crippen molar-refractivity contribution in [3.8, 4) is 11.4 Å². The normalized spacial score (nSPS) is 11.0. The number of halogens is 1. The maximum Gasteiger partial charge on any atom is 0.248 e. The molecule has 0 spiro atoms. The summed E-state index contributed by atoms with van der Waals surface area (Å²) in [5.74, 6) is 0.424. The Kier molecular flexibility index (Phi) is 3.88. The molecule has 130 valence electrons. The first-order valence-electron chi connectivity index (χ1n) is 7.87. The summed E-state index contributed by atoms with van der Waals surface area (Å²) >= 11 is 0. The van der Waals surface area contributed by atoms with Gasteiger partial charge in [0.15, 0.2) is 0 Å². The Morgan fingerprint density at radius 2 is 2.15 bits per heavy atom. The van der Waals surface area contributed by atoms with E-state index in [1.54, 1.807) is 6.07 Å². The van der Waals surface area contributed by atoms with Gasteiger partial charge in [0.25, 0.3) is 0 Å². The number of aryl methyl sites for hydroxylation is 1. The largest absolute Gasteiger partial charge is 0.342 e. The summed E-state index contributed by atoms with van der Waals surface area (Å²) in [6, 6.07) is 11.2. The molecule has 0 aliphatic rings. The summed E-state index contributed by atoms with van der Waals surface area (Å²) in [6.45, 7) is 1.75. The number of H-pyrrole nitrogens is 1. The van der Waals surface area contributed by atoms with E-state index in [0.717, 1.165) is 22.4 Å². The molecule has 0 saturated heterocycles. The lowest BCUT2D eigenvalue weighted by Gasteiger charge is -2.04. The number of hydrogen-bond donors (Lipinski definition) is 2. The summed E-state index contributed by atoms with van der Waals surface area (Å²) in [5, 5.41) is 14.7. The molecule has 0 fully saturated rings. The third-order valence-electron chi connectivity index (χ3n) is 3.70. The molecule has 9 heteroatoms. The number of tetrazole rings is 1. The Morgan fingerprint density at radius 3 is 3.00 bits per heavy atom. The number of nitrogens with zero attached hydrogens (tertiary/aromatic N) is 5. The second kappa shape index (κ2) is 6.36. The fraction of sp³-hybridized carbons (Fsp3) is 0.118. The van der Waals surface area contributed by atoms with Gasteiger partial charge in [-0.15, -0.1) is 10.2 Å². The van der Waals surface area contributed by atoms with E-state index < -0.39 is 5.82 Å². The number of benzene rings is 2. The average Bonchev–Trinajstić information content (AvgIpc) is 3.19. The van der Waals surface area contributed by atoms with Crippen molar-refractivity contribution < 1.29 is 9.18 Å². The first-order valence-corrected chi connectivity index (χ1v) is 7.87. The van der Waals surface area contributed by atoms with Gasteiger partial charge in [-0.2, -0.15) is 4.80 Å². The molecule has 26 heavy (non-hydrogen) atoms. The zero-order chi connectivity index (χ0) is 18.1. The van der Waals surface area contributed by atoms with Crippen LogP contribution >= 0.6 is 0 Å². The molecule has 8 nitrogen and oxygen atoms in total. The quantitative estimate of drug-likeness (QED) is 0.587. The monoisotopic (exact) mass is 351 g/mol. The van der Waals surface area contributed by atoms with Gasteiger partial charge in [0.1, 0.15) is 18.2 Å². The first kappa shape index (κ1) is 15.9. The number of aromatic nitrogens is 6. The van der Waals surface area contributed by atoms with Gasteiger partial charge < -0.3 is 10.3 Å². The molecule has 2 heterocycles. The zero-order valence-corrected chi connectivity index (χ0v) is 13.8. The SMILES string of the molecule is Cc1nc2ccc(-c3nnn(CC(=O)Nc4cccc(F)c4)n3)cc2[nH]1. The predicted octanol–water partition coefficient (Wildman–Crippen LogP) is 2.30. The average molecular weight is 351 g/mol. The van der Waals surface area contributed by atoms with E-state index in [9.17, 15) is 9.18 Å². The highest BCUT2D eigenvalue weighted by molar-refractivity contribution is 5.90. The van der Waals surface area contributed by atoms with E-state index >= 15 is 0 Å². The second-order valence-corrected chi connectivity index (χ2v) is 5.76. The summed E-state index contributed by atoms with van der Waals surface area (Å²) in [6.07, 6.45) is 0. The first-order chi connectivity index (χ1) is 12.6. The van der Waals surface area contributed by atoms with E-state index in [1.807, 2.05) is 25.1 Å². The van der Waals surface area contributed by atoms with Crippen LogP contribution in [0.4, 0.5) is 10.1 Å². The second-order valence-electron chi connectivity index (χ2n) is 5.76. The number of carbonyl (C=O) groups excluding carboxylic acids is 1. The van der Waals surface area contributed by atoms with E-state index in [0.29, 0.717) is 11.5 Å². The molecule has 0 unspecified atom stereocenters. The Hall–Kier alpha value is -3.62. The van der Waals surface area contributed by atoms with Gasteiger partial charge in [-0.1, -0.05) is 6.07 Å². The standard InChI is InChI=1S/C17H14FN7O/c1-10-19-14-6-5-11(7-15(14)20-10)17-22-24-25(23-17)9-16(26)21-13-4-2-3-12(18)8-13/h2-8H,9H2,1H3,(H,19,20)(H,21,26). The lowest BCUT2D eigenvalue weighted by molar-refractivity contribution is -0.117. The van der Waals surface area contributed by atoms with Gasteiger partial charge in [0.05, 0.1) is 11.0 Å². The van der Waals surface area contributed by atoms with Crippen LogP contribution in [-0.4, -0.2) is 36.1 Å². The van der Waals surface area contributed by atoms with Crippen LogP contribution in [0, 0.1) is 12.7 Å². The van der Waals surface area contributed by atoms with Crippen molar-refractivity contribution in [1.29, 1.82) is 0 Å². The van der Waals surface area contributed by atoms with Crippen molar-refractivity contribution >= 4 is 22.6 Å². The molecule has 0 radical (unpaired) electrons. The number of imidazole rings is 1. The maximum absolute atomic E-state index is 13.1. The van der Waals surface area contributed by atoms with Crippen LogP contribution < -0.4 is 5.32 Å². The number of amides is 1. The summed E-state index contributed by atoms with van der Waals surface area (Å²) in [5.41, 5.74) is 2.86. The van der Waals surface area contributed by atoms with Crippen LogP contribution in [-0.2, 0) is 11.3 Å². The molecule has 0 aliphatic heterocycles. The molecular formula is C17H14FN7O. The topological polar surface area (TPSA) is 101 Å². The van der Waals surface area contributed by atoms with Crippen molar-refractivity contribution in [3.63, 3.8) is 0 Å². The molecule has 0 bridgehead atoms. The van der Waals surface area contributed by atoms with Crippen LogP contribution in [0.15, 0.2) is 42.5 Å². The minimum Gasteiger partial charge on any atom is -0.342 e. The fourth-order valence-electron chi connectivity index (χ4n) is 2.60. The molecule has 2 N–H and O–H groups in total. The minimum absolute atomic E-state index is 0.130. The Balaban J connectivity index is 1.49. The van der Waals surface area contributed by atoms with Crippen LogP contribution in [0.1, 0.15) is 5.82 Å². The molecule has 0 atom stereocenters. The Morgan fingerprint density at radius 1 is 1.27 bits per heavy atom. The number of anilines is 1. The zero-order valence-electron chi connectivity index (χ0n) is 13.8. The molecule has 2 aromatic heterocycles. The predicted molar refractivity (Wildman–Crippen MR) is 92.7 cm³/mol. The van der Waals surface area contributed by atoms with Crippen LogP contribution in [0.25, 0.3) is 22.4 Å². The highest BCUT2D eigenvalue weighted by Gasteiger charge is 2.11. The number of rotatable bonds is 4. The summed E-state index contributed by atoms with van der Waals surface area (Å²) < 4.78 is 13.1. The van der Waals surface area contributed by atoms with E-state index in [2.05, 4.69) is 30.7 Å². The highest BCUT2D eigenvalue weighted by atomic mass is 19.1. The lowest BCUT2D eigenvalue weighted by Crippen LogP contribution is -2.20. The van der Waals surface area contributed by atoms with Crippen molar-refractivity contribution in [2.45, 2.75) is 13.5 Å². The van der Waals surface area contributed by atoms with Gasteiger partial charge in [-0.3, -0.25) is 4.79 Å². The summed E-state index contributed by atoms with van der Waals surface area (Å²) in [7, 11) is 0. The lowest BCUT2D eigenvalue weighted by atomic mass is 10.2. The number of hydrogen-bond acceptors (Lipinski definition) is 5. The van der Waals surface area contributed by atoms with E-state index in [1.165, 1.54) is 23.0 Å². The number of aromatic amines is 1. The number of carbonyl (C=O) groups is 1. The molecule has 1 amide bonds. The molecule has 0 saturated carbocycles. The number of nitrogens with one attached hydrogen (secondary N) is 2. The van der Waals surface area contributed by atoms with Gasteiger partial charge in [0, 0.05) is 11.3 Å². The molecule has 4 aromatic rings.